The van der Waals surface area contributed by atoms with Crippen molar-refractivity contribution in [2.75, 3.05) is 26.2 Å². The highest BCUT2D eigenvalue weighted by Gasteiger charge is 2.43. The summed E-state index contributed by atoms with van der Waals surface area (Å²) in [5, 5.41) is 5.63. The van der Waals surface area contributed by atoms with Crippen LogP contribution in [0.4, 0.5) is 9.59 Å². The van der Waals surface area contributed by atoms with Crippen molar-refractivity contribution in [2.24, 2.45) is 5.73 Å². The molecule has 2 aliphatic rings. The molecule has 0 aromatic heterocycles. The summed E-state index contributed by atoms with van der Waals surface area (Å²) in [5.74, 6) is -2.38. The van der Waals surface area contributed by atoms with Crippen molar-refractivity contribution in [3.63, 3.8) is 0 Å². The van der Waals surface area contributed by atoms with Crippen LogP contribution in [0.15, 0.2) is 0 Å². The zero-order valence-electron chi connectivity index (χ0n) is 21.5. The Hall–Kier alpha value is -2.85. The molecule has 2 fully saturated rings. The van der Waals surface area contributed by atoms with Crippen LogP contribution in [-0.4, -0.2) is 82.9 Å². The molecule has 0 unspecified atom stereocenters. The maximum absolute atomic E-state index is 13.4. The van der Waals surface area contributed by atoms with Crippen LogP contribution < -0.4 is 16.4 Å². The van der Waals surface area contributed by atoms with Crippen molar-refractivity contribution >= 4 is 29.7 Å². The molecule has 1 atom stereocenters. The number of urea groups is 1. The number of hydrogen-bond donors (Lipinski definition) is 3. The average molecular weight is 496 g/mol. The minimum Gasteiger partial charge on any atom is -0.444 e. The third-order valence-corrected chi connectivity index (χ3v) is 6.42. The second kappa shape index (κ2) is 12.2. The van der Waals surface area contributed by atoms with Gasteiger partial charge in [-0.05, 0) is 40.0 Å². The molecule has 4 N–H and O–H groups in total. The van der Waals surface area contributed by atoms with Crippen LogP contribution in [0.3, 0.4) is 0 Å². The van der Waals surface area contributed by atoms with E-state index in [0.29, 0.717) is 51.9 Å². The van der Waals surface area contributed by atoms with Gasteiger partial charge in [0.15, 0.2) is 0 Å². The number of nitrogens with two attached hydrogens (primary N) is 1. The molecule has 0 radical (unpaired) electrons. The fourth-order valence-electron chi connectivity index (χ4n) is 4.41. The lowest BCUT2D eigenvalue weighted by molar-refractivity contribution is -0.139. The van der Waals surface area contributed by atoms with Crippen molar-refractivity contribution in [2.45, 2.75) is 96.2 Å². The molecule has 198 valence electrons. The maximum atomic E-state index is 13.4. The van der Waals surface area contributed by atoms with Crippen molar-refractivity contribution in [1.29, 1.82) is 0 Å². The zero-order chi connectivity index (χ0) is 26.2. The number of Topliss-reactive ketones (excluding diaryl/α,β-unsaturated/α-hetero) is 1. The summed E-state index contributed by atoms with van der Waals surface area (Å²) in [6, 6.07) is -1.40. The summed E-state index contributed by atoms with van der Waals surface area (Å²) in [6.07, 6.45) is 4.65. The van der Waals surface area contributed by atoms with Crippen molar-refractivity contribution < 1.29 is 28.7 Å². The van der Waals surface area contributed by atoms with Gasteiger partial charge in [0.2, 0.25) is 11.7 Å². The number of amides is 5. The Morgan fingerprint density at radius 2 is 1.54 bits per heavy atom. The van der Waals surface area contributed by atoms with Gasteiger partial charge in [0, 0.05) is 26.2 Å². The van der Waals surface area contributed by atoms with Crippen LogP contribution in [0, 0.1) is 0 Å². The van der Waals surface area contributed by atoms with E-state index in [9.17, 15) is 24.0 Å². The van der Waals surface area contributed by atoms with Crippen LogP contribution in [0.25, 0.3) is 0 Å². The zero-order valence-corrected chi connectivity index (χ0v) is 21.5. The number of nitrogens with one attached hydrogen (secondary N) is 2. The molecule has 11 heteroatoms. The Morgan fingerprint density at radius 3 is 2.06 bits per heavy atom. The first kappa shape index (κ1) is 28.4. The lowest BCUT2D eigenvalue weighted by Gasteiger charge is -2.41. The first-order valence-electron chi connectivity index (χ1n) is 12.6. The normalized spacial score (nSPS) is 18.9. The molecule has 35 heavy (non-hydrogen) atoms. The van der Waals surface area contributed by atoms with E-state index < -0.39 is 46.9 Å². The number of ketones is 1. The Morgan fingerprint density at radius 1 is 0.971 bits per heavy atom. The van der Waals surface area contributed by atoms with Crippen LogP contribution in [0.2, 0.25) is 0 Å². The summed E-state index contributed by atoms with van der Waals surface area (Å²) in [4.78, 5) is 65.7. The number of nitrogens with zero attached hydrogens (tertiary/aromatic N) is 2. The van der Waals surface area contributed by atoms with E-state index in [4.69, 9.17) is 10.5 Å². The van der Waals surface area contributed by atoms with Gasteiger partial charge in [-0.2, -0.15) is 0 Å². The Kier molecular flexibility index (Phi) is 9.91. The molecule has 1 aliphatic carbocycles. The number of carbonyl (C=O) groups is 5. The Balaban J connectivity index is 2.05. The minimum atomic E-state index is -1.17. The second-order valence-electron chi connectivity index (χ2n) is 10.4. The molecule has 11 nitrogen and oxygen atoms in total. The van der Waals surface area contributed by atoms with Gasteiger partial charge in [0.25, 0.3) is 5.91 Å². The van der Waals surface area contributed by atoms with Gasteiger partial charge < -0.3 is 30.9 Å². The fourth-order valence-corrected chi connectivity index (χ4v) is 4.41. The van der Waals surface area contributed by atoms with Gasteiger partial charge in [-0.25, -0.2) is 9.59 Å². The van der Waals surface area contributed by atoms with Crippen LogP contribution in [0.1, 0.15) is 79.1 Å². The highest BCUT2D eigenvalue weighted by molar-refractivity contribution is 6.37. The van der Waals surface area contributed by atoms with E-state index >= 15 is 0 Å². The summed E-state index contributed by atoms with van der Waals surface area (Å²) >= 11 is 0. The van der Waals surface area contributed by atoms with Gasteiger partial charge in [0.05, 0.1) is 6.04 Å². The molecule has 0 aromatic rings. The fraction of sp³-hybridized carbons (Fsp3) is 0.792. The largest absolute Gasteiger partial charge is 0.444 e. The SMILES string of the molecule is CCCC[C@H](NC(=O)C1(NC(=O)N2CCN(C(=O)OC(C)(C)C)CC2)CCCCC1)C(=O)C(N)=O. The minimum absolute atomic E-state index is 0.306. The molecule has 0 aromatic carbocycles. The van der Waals surface area contributed by atoms with Gasteiger partial charge >= 0.3 is 12.1 Å². The average Bonchev–Trinajstić information content (AvgIpc) is 2.80. The third-order valence-electron chi connectivity index (χ3n) is 6.42. The van der Waals surface area contributed by atoms with Crippen molar-refractivity contribution in [3.05, 3.63) is 0 Å². The van der Waals surface area contributed by atoms with E-state index in [0.717, 1.165) is 25.7 Å². The van der Waals surface area contributed by atoms with Gasteiger partial charge in [-0.3, -0.25) is 14.4 Å². The maximum Gasteiger partial charge on any atom is 0.410 e. The van der Waals surface area contributed by atoms with Crippen molar-refractivity contribution in [1.82, 2.24) is 20.4 Å². The molecular formula is C24H41N5O6. The van der Waals surface area contributed by atoms with Crippen LogP contribution >= 0.6 is 0 Å². The summed E-state index contributed by atoms with van der Waals surface area (Å²) < 4.78 is 5.40. The molecule has 5 amide bonds. The molecule has 1 aliphatic heterocycles. The number of carbonyl (C=O) groups excluding carboxylic acids is 5. The van der Waals surface area contributed by atoms with E-state index in [1.54, 1.807) is 30.6 Å². The second-order valence-corrected chi connectivity index (χ2v) is 10.4. The third kappa shape index (κ3) is 8.10. The molecule has 0 bridgehead atoms. The van der Waals surface area contributed by atoms with Gasteiger partial charge in [-0.15, -0.1) is 0 Å². The molecule has 1 saturated heterocycles. The number of hydrogen-bond acceptors (Lipinski definition) is 6. The first-order chi connectivity index (χ1) is 16.4. The predicted octanol–water partition coefficient (Wildman–Crippen LogP) is 1.68. The van der Waals surface area contributed by atoms with E-state index in [-0.39, 0.29) is 0 Å². The van der Waals surface area contributed by atoms with Crippen molar-refractivity contribution in [3.8, 4) is 0 Å². The molecule has 1 saturated carbocycles. The van der Waals surface area contributed by atoms with E-state index in [1.165, 1.54) is 0 Å². The molecule has 1 heterocycles. The number of ether oxygens (including phenoxy) is 1. The summed E-state index contributed by atoms with van der Waals surface area (Å²) in [6.45, 7) is 8.61. The standard InChI is InChI=1S/C24H41N5O6/c1-5-6-10-17(18(30)19(25)31)26-20(32)24(11-8-7-9-12-24)27-21(33)28-13-15-29(16-14-28)22(34)35-23(2,3)4/h17H,5-16H2,1-4H3,(H2,25,31)(H,26,32)(H,27,33)/t17-/m0/s1. The van der Waals surface area contributed by atoms with Gasteiger partial charge in [-0.1, -0.05) is 39.0 Å². The van der Waals surface area contributed by atoms with E-state index in [2.05, 4.69) is 10.6 Å². The highest BCUT2D eigenvalue weighted by Crippen LogP contribution is 2.29. The van der Waals surface area contributed by atoms with Gasteiger partial charge in [0.1, 0.15) is 11.1 Å². The molecule has 2 rings (SSSR count). The Labute approximate surface area is 207 Å². The first-order valence-corrected chi connectivity index (χ1v) is 12.6. The summed E-state index contributed by atoms with van der Waals surface area (Å²) in [7, 11) is 0. The lowest BCUT2D eigenvalue weighted by atomic mass is 9.80. The number of rotatable bonds is 8. The smallest absolute Gasteiger partial charge is 0.410 e. The van der Waals surface area contributed by atoms with E-state index in [1.807, 2.05) is 6.92 Å². The molecule has 0 spiro atoms. The van der Waals surface area contributed by atoms with Crippen LogP contribution in [-0.2, 0) is 19.1 Å². The highest BCUT2D eigenvalue weighted by atomic mass is 16.6. The predicted molar refractivity (Wildman–Crippen MR) is 129 cm³/mol. The number of primary amides is 1. The molecular weight excluding hydrogens is 454 g/mol. The Bertz CT molecular complexity index is 795. The number of piperazine rings is 1. The lowest BCUT2D eigenvalue weighted by Crippen LogP contribution is -2.65. The van der Waals surface area contributed by atoms with Crippen LogP contribution in [0.5, 0.6) is 0 Å². The summed E-state index contributed by atoms with van der Waals surface area (Å²) in [5.41, 5.74) is 3.42. The monoisotopic (exact) mass is 495 g/mol. The topological polar surface area (TPSA) is 151 Å². The quantitative estimate of drug-likeness (QED) is 0.436. The number of unbranched alkanes of at least 4 members (excludes halogenated alkanes) is 1.